The molecule has 0 spiro atoms. The summed E-state index contributed by atoms with van der Waals surface area (Å²) in [6, 6.07) is 33.0. The summed E-state index contributed by atoms with van der Waals surface area (Å²) in [5, 5.41) is 1.48. The van der Waals surface area contributed by atoms with Gasteiger partial charge in [-0.1, -0.05) is 77.8 Å². The Morgan fingerprint density at radius 2 is 0.692 bits per heavy atom. The third kappa shape index (κ3) is 3.67. The lowest BCUT2D eigenvalue weighted by molar-refractivity contribution is 1.56. The Morgan fingerprint density at radius 3 is 1.08 bits per heavy atom. The second-order valence-electron chi connectivity index (χ2n) is 6.18. The average Bonchev–Trinajstić information content (AvgIpc) is 2.69. The molecular formula is C24H16Cl2. The first-order valence-corrected chi connectivity index (χ1v) is 9.17. The Morgan fingerprint density at radius 1 is 0.346 bits per heavy atom. The highest BCUT2D eigenvalue weighted by Crippen LogP contribution is 2.33. The van der Waals surface area contributed by atoms with E-state index < -0.39 is 0 Å². The van der Waals surface area contributed by atoms with Gasteiger partial charge in [0.15, 0.2) is 0 Å². The Hall–Kier alpha value is -2.54. The summed E-state index contributed by atoms with van der Waals surface area (Å²) in [7, 11) is 0. The van der Waals surface area contributed by atoms with Crippen LogP contribution in [0.2, 0.25) is 10.0 Å². The topological polar surface area (TPSA) is 0 Å². The predicted molar refractivity (Wildman–Crippen MR) is 113 cm³/mol. The molecule has 4 aromatic carbocycles. The smallest absolute Gasteiger partial charge is 0.0406 e. The van der Waals surface area contributed by atoms with Gasteiger partial charge in [0.25, 0.3) is 0 Å². The molecule has 0 aliphatic heterocycles. The molecule has 0 aromatic heterocycles. The molecule has 2 heteroatoms. The molecule has 0 aliphatic carbocycles. The molecule has 0 heterocycles. The predicted octanol–water partition coefficient (Wildman–Crippen LogP) is 7.99. The van der Waals surface area contributed by atoms with Crippen LogP contribution in [0.25, 0.3) is 33.4 Å². The molecule has 0 atom stereocenters. The lowest BCUT2D eigenvalue weighted by Gasteiger charge is -2.11. The van der Waals surface area contributed by atoms with Gasteiger partial charge in [-0.3, -0.25) is 0 Å². The van der Waals surface area contributed by atoms with Gasteiger partial charge in [-0.2, -0.15) is 0 Å². The van der Waals surface area contributed by atoms with Gasteiger partial charge in [-0.05, 0) is 75.8 Å². The summed E-state index contributed by atoms with van der Waals surface area (Å²) >= 11 is 12.1. The van der Waals surface area contributed by atoms with Crippen molar-refractivity contribution in [3.8, 4) is 33.4 Å². The number of hydrogen-bond donors (Lipinski definition) is 0. The minimum atomic E-state index is 0.742. The van der Waals surface area contributed by atoms with Crippen LogP contribution >= 0.6 is 23.2 Å². The van der Waals surface area contributed by atoms with Gasteiger partial charge in [0, 0.05) is 10.0 Å². The van der Waals surface area contributed by atoms with Crippen molar-refractivity contribution in [2.75, 3.05) is 0 Å². The van der Waals surface area contributed by atoms with E-state index in [1.165, 1.54) is 11.1 Å². The maximum absolute atomic E-state index is 6.06. The first-order chi connectivity index (χ1) is 12.7. The Kier molecular flexibility index (Phi) is 4.79. The molecule has 4 rings (SSSR count). The summed E-state index contributed by atoms with van der Waals surface area (Å²) < 4.78 is 0. The van der Waals surface area contributed by atoms with Crippen LogP contribution in [0.1, 0.15) is 0 Å². The van der Waals surface area contributed by atoms with E-state index in [9.17, 15) is 0 Å². The Balaban J connectivity index is 1.89. The van der Waals surface area contributed by atoms with E-state index in [-0.39, 0.29) is 0 Å². The average molecular weight is 375 g/mol. The van der Waals surface area contributed by atoms with Crippen LogP contribution in [0.15, 0.2) is 97.1 Å². The third-order valence-electron chi connectivity index (χ3n) is 4.40. The number of rotatable bonds is 3. The van der Waals surface area contributed by atoms with Crippen LogP contribution in [0.5, 0.6) is 0 Å². The fraction of sp³-hybridized carbons (Fsp3) is 0. The molecule has 0 unspecified atom stereocenters. The molecule has 0 amide bonds. The molecule has 0 saturated carbocycles. The number of benzene rings is 4. The van der Waals surface area contributed by atoms with Crippen LogP contribution in [-0.2, 0) is 0 Å². The molecule has 0 bridgehead atoms. The minimum Gasteiger partial charge on any atom is -0.0843 e. The molecule has 0 saturated heterocycles. The fourth-order valence-electron chi connectivity index (χ4n) is 3.04. The van der Waals surface area contributed by atoms with Crippen LogP contribution in [-0.4, -0.2) is 0 Å². The van der Waals surface area contributed by atoms with Crippen LogP contribution < -0.4 is 0 Å². The summed E-state index contributed by atoms with van der Waals surface area (Å²) in [6.07, 6.45) is 0. The highest BCUT2D eigenvalue weighted by Gasteiger charge is 2.07. The number of hydrogen-bond acceptors (Lipinski definition) is 0. The molecule has 4 aromatic rings. The molecule has 126 valence electrons. The monoisotopic (exact) mass is 374 g/mol. The van der Waals surface area contributed by atoms with Gasteiger partial charge in [-0.15, -0.1) is 0 Å². The molecule has 0 fully saturated rings. The van der Waals surface area contributed by atoms with Crippen molar-refractivity contribution in [1.29, 1.82) is 0 Å². The minimum absolute atomic E-state index is 0.742. The van der Waals surface area contributed by atoms with Gasteiger partial charge < -0.3 is 0 Å². The standard InChI is InChI=1S/C24H16Cl2/c25-23-10-6-18(7-11-23)21-14-20(17-4-2-1-3-5-17)15-22(16-21)19-8-12-24(26)13-9-19/h1-16H. The van der Waals surface area contributed by atoms with E-state index in [0.29, 0.717) is 0 Å². The van der Waals surface area contributed by atoms with Crippen molar-refractivity contribution in [3.63, 3.8) is 0 Å². The van der Waals surface area contributed by atoms with Crippen molar-refractivity contribution in [3.05, 3.63) is 107 Å². The summed E-state index contributed by atoms with van der Waals surface area (Å²) in [4.78, 5) is 0. The Bertz CT molecular complexity index is 954. The number of halogens is 2. The second-order valence-corrected chi connectivity index (χ2v) is 7.05. The van der Waals surface area contributed by atoms with E-state index in [0.717, 1.165) is 32.3 Å². The first kappa shape index (κ1) is 16.9. The van der Waals surface area contributed by atoms with E-state index in [4.69, 9.17) is 23.2 Å². The first-order valence-electron chi connectivity index (χ1n) is 8.41. The summed E-state index contributed by atoms with van der Waals surface area (Å²) in [5.41, 5.74) is 6.98. The lowest BCUT2D eigenvalue weighted by atomic mass is 9.93. The fourth-order valence-corrected chi connectivity index (χ4v) is 3.29. The normalized spacial score (nSPS) is 10.7. The molecule has 0 nitrogen and oxygen atoms in total. The maximum Gasteiger partial charge on any atom is 0.0406 e. The second kappa shape index (κ2) is 7.37. The SMILES string of the molecule is Clc1ccc(-c2cc(-c3ccccc3)cc(-c3ccc(Cl)cc3)c2)cc1. The zero-order valence-electron chi connectivity index (χ0n) is 14.0. The zero-order chi connectivity index (χ0) is 17.9. The zero-order valence-corrected chi connectivity index (χ0v) is 15.5. The van der Waals surface area contributed by atoms with Crippen molar-refractivity contribution in [2.24, 2.45) is 0 Å². The van der Waals surface area contributed by atoms with E-state index in [1.807, 2.05) is 30.3 Å². The summed E-state index contributed by atoms with van der Waals surface area (Å²) in [6.45, 7) is 0. The van der Waals surface area contributed by atoms with Gasteiger partial charge in [0.1, 0.15) is 0 Å². The largest absolute Gasteiger partial charge is 0.0843 e. The quantitative estimate of drug-likeness (QED) is 0.340. The van der Waals surface area contributed by atoms with Gasteiger partial charge in [0.05, 0.1) is 0 Å². The van der Waals surface area contributed by atoms with Crippen molar-refractivity contribution in [1.82, 2.24) is 0 Å². The molecule has 0 radical (unpaired) electrons. The molecule has 0 aliphatic rings. The van der Waals surface area contributed by atoms with E-state index in [1.54, 1.807) is 0 Å². The van der Waals surface area contributed by atoms with Crippen molar-refractivity contribution in [2.45, 2.75) is 0 Å². The van der Waals surface area contributed by atoms with Crippen LogP contribution in [0, 0.1) is 0 Å². The Labute approximate surface area is 163 Å². The van der Waals surface area contributed by atoms with Crippen molar-refractivity contribution >= 4 is 23.2 Å². The van der Waals surface area contributed by atoms with Gasteiger partial charge >= 0.3 is 0 Å². The molecule has 0 N–H and O–H groups in total. The molecular weight excluding hydrogens is 359 g/mol. The van der Waals surface area contributed by atoms with Crippen molar-refractivity contribution < 1.29 is 0 Å². The third-order valence-corrected chi connectivity index (χ3v) is 4.90. The maximum atomic E-state index is 6.06. The van der Waals surface area contributed by atoms with Gasteiger partial charge in [0.2, 0.25) is 0 Å². The van der Waals surface area contributed by atoms with Crippen LogP contribution in [0.3, 0.4) is 0 Å². The lowest BCUT2D eigenvalue weighted by Crippen LogP contribution is -1.86. The summed E-state index contributed by atoms with van der Waals surface area (Å²) in [5.74, 6) is 0. The highest BCUT2D eigenvalue weighted by atomic mass is 35.5. The molecule has 26 heavy (non-hydrogen) atoms. The van der Waals surface area contributed by atoms with E-state index in [2.05, 4.69) is 66.7 Å². The highest BCUT2D eigenvalue weighted by molar-refractivity contribution is 6.30. The van der Waals surface area contributed by atoms with Gasteiger partial charge in [-0.25, -0.2) is 0 Å². The van der Waals surface area contributed by atoms with Crippen LogP contribution in [0.4, 0.5) is 0 Å². The van der Waals surface area contributed by atoms with E-state index >= 15 is 0 Å².